The van der Waals surface area contributed by atoms with Gasteiger partial charge in [0.15, 0.2) is 18.2 Å². The number of aryl methyl sites for hydroxylation is 2. The highest BCUT2D eigenvalue weighted by atomic mass is 16.5. The summed E-state index contributed by atoms with van der Waals surface area (Å²) in [5.41, 5.74) is 2.97. The van der Waals surface area contributed by atoms with Gasteiger partial charge in [0.1, 0.15) is 0 Å². The van der Waals surface area contributed by atoms with Gasteiger partial charge >= 0.3 is 5.97 Å². The van der Waals surface area contributed by atoms with Crippen LogP contribution in [0.1, 0.15) is 42.4 Å². The number of benzene rings is 2. The Bertz CT molecular complexity index is 1020. The molecule has 0 aliphatic rings. The van der Waals surface area contributed by atoms with Crippen LogP contribution in [0.25, 0.3) is 0 Å². The summed E-state index contributed by atoms with van der Waals surface area (Å²) in [5, 5.41) is 2.61. The third-order valence-corrected chi connectivity index (χ3v) is 4.30. The second-order valence-corrected chi connectivity index (χ2v) is 6.28. The van der Waals surface area contributed by atoms with Gasteiger partial charge in [-0.3, -0.25) is 9.59 Å². The van der Waals surface area contributed by atoms with Crippen LogP contribution < -0.4 is 5.32 Å². The smallest absolute Gasteiger partial charge is 0.340 e. The first-order chi connectivity index (χ1) is 13.5. The van der Waals surface area contributed by atoms with E-state index >= 15 is 0 Å². The fourth-order valence-corrected chi connectivity index (χ4v) is 2.57. The predicted octanol–water partition coefficient (Wildman–Crippen LogP) is 4.19. The third kappa shape index (κ3) is 4.35. The third-order valence-electron chi connectivity index (χ3n) is 4.30. The molecule has 0 saturated heterocycles. The predicted molar refractivity (Wildman–Crippen MR) is 104 cm³/mol. The summed E-state index contributed by atoms with van der Waals surface area (Å²) >= 11 is 0. The van der Waals surface area contributed by atoms with Crippen molar-refractivity contribution in [2.45, 2.75) is 13.8 Å². The molecule has 0 bridgehead atoms. The molecule has 3 rings (SSSR count). The number of rotatable bonds is 6. The first kappa shape index (κ1) is 19.1. The van der Waals surface area contributed by atoms with Gasteiger partial charge in [0.2, 0.25) is 0 Å². The van der Waals surface area contributed by atoms with E-state index in [0.29, 0.717) is 5.56 Å². The molecule has 1 amide bonds. The van der Waals surface area contributed by atoms with Gasteiger partial charge in [-0.2, -0.15) is 0 Å². The average Bonchev–Trinajstić information content (AvgIpc) is 3.23. The van der Waals surface area contributed by atoms with Crippen LogP contribution >= 0.6 is 0 Å². The summed E-state index contributed by atoms with van der Waals surface area (Å²) in [6.07, 6.45) is 1.38. The van der Waals surface area contributed by atoms with E-state index in [9.17, 15) is 14.4 Å². The lowest BCUT2D eigenvalue weighted by molar-refractivity contribution is 0.0475. The Morgan fingerprint density at radius 3 is 2.46 bits per heavy atom. The standard InChI is InChI=1S/C22H19NO5/c1-14-9-10-16(12-15(14)2)19(24)13-28-22(26)17-6-3-4-7-18(17)23-21(25)20-8-5-11-27-20/h3-12H,13H2,1-2H3,(H,23,25). The van der Waals surface area contributed by atoms with E-state index in [1.54, 1.807) is 36.4 Å². The molecule has 0 atom stereocenters. The van der Waals surface area contributed by atoms with Gasteiger partial charge in [-0.05, 0) is 55.3 Å². The molecule has 0 saturated carbocycles. The molecule has 28 heavy (non-hydrogen) atoms. The van der Waals surface area contributed by atoms with Crippen LogP contribution in [0.3, 0.4) is 0 Å². The summed E-state index contributed by atoms with van der Waals surface area (Å²) in [7, 11) is 0. The van der Waals surface area contributed by atoms with Crippen molar-refractivity contribution < 1.29 is 23.5 Å². The lowest BCUT2D eigenvalue weighted by atomic mass is 10.0. The Kier molecular flexibility index (Phi) is 5.69. The lowest BCUT2D eigenvalue weighted by Crippen LogP contribution is -2.18. The van der Waals surface area contributed by atoms with E-state index < -0.39 is 11.9 Å². The van der Waals surface area contributed by atoms with E-state index in [2.05, 4.69) is 5.32 Å². The van der Waals surface area contributed by atoms with Gasteiger partial charge < -0.3 is 14.5 Å². The normalized spacial score (nSPS) is 10.4. The number of esters is 1. The highest BCUT2D eigenvalue weighted by Crippen LogP contribution is 2.18. The first-order valence-electron chi connectivity index (χ1n) is 8.67. The van der Waals surface area contributed by atoms with E-state index in [1.165, 1.54) is 18.4 Å². The van der Waals surface area contributed by atoms with Crippen LogP contribution in [0.2, 0.25) is 0 Å². The summed E-state index contributed by atoms with van der Waals surface area (Å²) in [5.74, 6) is -1.37. The Hall–Kier alpha value is -3.67. The monoisotopic (exact) mass is 377 g/mol. The molecule has 142 valence electrons. The number of hydrogen-bond acceptors (Lipinski definition) is 5. The average molecular weight is 377 g/mol. The van der Waals surface area contributed by atoms with Crippen molar-refractivity contribution in [1.82, 2.24) is 0 Å². The zero-order valence-electron chi connectivity index (χ0n) is 15.5. The van der Waals surface area contributed by atoms with Crippen molar-refractivity contribution in [2.75, 3.05) is 11.9 Å². The number of anilines is 1. The van der Waals surface area contributed by atoms with Crippen molar-refractivity contribution in [3.05, 3.63) is 88.9 Å². The summed E-state index contributed by atoms with van der Waals surface area (Å²) in [4.78, 5) is 36.9. The molecule has 0 aliphatic heterocycles. The number of amides is 1. The number of ketones is 1. The maximum atomic E-state index is 12.4. The Morgan fingerprint density at radius 2 is 1.75 bits per heavy atom. The summed E-state index contributed by atoms with van der Waals surface area (Å²) < 4.78 is 10.2. The van der Waals surface area contributed by atoms with Crippen LogP contribution in [0, 0.1) is 13.8 Å². The molecule has 6 nitrogen and oxygen atoms in total. The molecule has 0 radical (unpaired) electrons. The van der Waals surface area contributed by atoms with E-state index in [4.69, 9.17) is 9.15 Å². The largest absolute Gasteiger partial charge is 0.459 e. The maximum Gasteiger partial charge on any atom is 0.340 e. The molecular formula is C22H19NO5. The van der Waals surface area contributed by atoms with Gasteiger partial charge in [0.25, 0.3) is 5.91 Å². The number of hydrogen-bond donors (Lipinski definition) is 1. The number of ether oxygens (including phenoxy) is 1. The van der Waals surface area contributed by atoms with Gasteiger partial charge in [-0.25, -0.2) is 4.79 Å². The topological polar surface area (TPSA) is 85.6 Å². The molecule has 0 spiro atoms. The lowest BCUT2D eigenvalue weighted by Gasteiger charge is -2.10. The number of nitrogens with one attached hydrogen (secondary N) is 1. The van der Waals surface area contributed by atoms with E-state index in [0.717, 1.165) is 11.1 Å². The first-order valence-corrected chi connectivity index (χ1v) is 8.67. The molecule has 1 heterocycles. The summed E-state index contributed by atoms with van der Waals surface area (Å²) in [6, 6.07) is 14.8. The minimum Gasteiger partial charge on any atom is -0.459 e. The fraction of sp³-hybridized carbons (Fsp3) is 0.136. The molecule has 2 aromatic carbocycles. The van der Waals surface area contributed by atoms with Gasteiger partial charge in [0.05, 0.1) is 17.5 Å². The fourth-order valence-electron chi connectivity index (χ4n) is 2.57. The van der Waals surface area contributed by atoms with Crippen LogP contribution in [0.4, 0.5) is 5.69 Å². The number of carbonyl (C=O) groups is 3. The molecular weight excluding hydrogens is 358 g/mol. The molecule has 0 fully saturated rings. The van der Waals surface area contributed by atoms with Crippen LogP contribution in [0.5, 0.6) is 0 Å². The summed E-state index contributed by atoms with van der Waals surface area (Å²) in [6.45, 7) is 3.48. The number of para-hydroxylation sites is 1. The SMILES string of the molecule is Cc1ccc(C(=O)COC(=O)c2ccccc2NC(=O)c2ccco2)cc1C. The molecule has 1 N–H and O–H groups in total. The molecule has 6 heteroatoms. The highest BCUT2D eigenvalue weighted by Gasteiger charge is 2.18. The van der Waals surface area contributed by atoms with E-state index in [1.807, 2.05) is 19.9 Å². The van der Waals surface area contributed by atoms with Crippen molar-refractivity contribution in [2.24, 2.45) is 0 Å². The van der Waals surface area contributed by atoms with Crippen molar-refractivity contribution in [3.8, 4) is 0 Å². The number of carbonyl (C=O) groups excluding carboxylic acids is 3. The van der Waals surface area contributed by atoms with Crippen LogP contribution in [0.15, 0.2) is 65.3 Å². The van der Waals surface area contributed by atoms with Crippen LogP contribution in [-0.2, 0) is 4.74 Å². The zero-order chi connectivity index (χ0) is 20.1. The van der Waals surface area contributed by atoms with Crippen LogP contribution in [-0.4, -0.2) is 24.3 Å². The molecule has 1 aromatic heterocycles. The quantitative estimate of drug-likeness (QED) is 0.514. The number of Topliss-reactive ketones (excluding diaryl/α,β-unsaturated/α-hetero) is 1. The highest BCUT2D eigenvalue weighted by molar-refractivity contribution is 6.07. The van der Waals surface area contributed by atoms with Gasteiger partial charge in [0, 0.05) is 5.56 Å². The Balaban J connectivity index is 1.68. The maximum absolute atomic E-state index is 12.4. The van der Waals surface area contributed by atoms with Crippen molar-refractivity contribution in [1.29, 1.82) is 0 Å². The second-order valence-electron chi connectivity index (χ2n) is 6.28. The molecule has 3 aromatic rings. The van der Waals surface area contributed by atoms with E-state index in [-0.39, 0.29) is 29.4 Å². The second kappa shape index (κ2) is 8.35. The van der Waals surface area contributed by atoms with Gasteiger partial charge in [-0.1, -0.05) is 24.3 Å². The zero-order valence-corrected chi connectivity index (χ0v) is 15.5. The minimum atomic E-state index is -0.701. The molecule has 0 unspecified atom stereocenters. The Labute approximate surface area is 162 Å². The van der Waals surface area contributed by atoms with Crippen molar-refractivity contribution >= 4 is 23.3 Å². The van der Waals surface area contributed by atoms with Crippen molar-refractivity contribution in [3.63, 3.8) is 0 Å². The molecule has 0 aliphatic carbocycles. The number of furan rings is 1. The minimum absolute atomic E-state index is 0.119. The van der Waals surface area contributed by atoms with Gasteiger partial charge in [-0.15, -0.1) is 0 Å². The Morgan fingerprint density at radius 1 is 0.964 bits per heavy atom.